The van der Waals surface area contributed by atoms with Crippen molar-refractivity contribution in [2.24, 2.45) is 0 Å². The van der Waals surface area contributed by atoms with Crippen LogP contribution in [-0.2, 0) is 0 Å². The van der Waals surface area contributed by atoms with Crippen LogP contribution in [0.3, 0.4) is 0 Å². The Morgan fingerprint density at radius 1 is 0.378 bits per heavy atom. The molecule has 2 aromatic heterocycles. The van der Waals surface area contributed by atoms with Crippen LogP contribution in [0.1, 0.15) is 0 Å². The van der Waals surface area contributed by atoms with Crippen LogP contribution in [0.5, 0.6) is 0 Å². The van der Waals surface area contributed by atoms with Gasteiger partial charge < -0.3 is 9.13 Å². The maximum Gasteiger partial charge on any atom is 0.0620 e. The zero-order valence-corrected chi connectivity index (χ0v) is 25.5. The van der Waals surface area contributed by atoms with E-state index in [1.54, 1.807) is 0 Å². The summed E-state index contributed by atoms with van der Waals surface area (Å²) in [5, 5.41) is 10.4. The van der Waals surface area contributed by atoms with E-state index in [9.17, 15) is 0 Å². The number of para-hydroxylation sites is 2. The highest BCUT2D eigenvalue weighted by atomic mass is 31.1. The molecule has 0 aliphatic heterocycles. The molecule has 0 spiro atoms. The number of fused-ring (bicyclic) bond motifs is 6. The van der Waals surface area contributed by atoms with Crippen LogP contribution in [0.25, 0.3) is 54.9 Å². The average Bonchev–Trinajstić information content (AvgIpc) is 3.68. The van der Waals surface area contributed by atoms with Gasteiger partial charge in [-0.1, -0.05) is 121 Å². The van der Waals surface area contributed by atoms with E-state index in [0.29, 0.717) is 0 Å². The van der Waals surface area contributed by atoms with Crippen molar-refractivity contribution >= 4 is 67.3 Å². The summed E-state index contributed by atoms with van der Waals surface area (Å²) in [6.45, 7) is 0. The van der Waals surface area contributed by atoms with E-state index in [2.05, 4.69) is 185 Å². The maximum absolute atomic E-state index is 2.46. The van der Waals surface area contributed by atoms with Crippen molar-refractivity contribution < 1.29 is 0 Å². The smallest absolute Gasteiger partial charge is 0.0620 e. The number of hydrogen-bond donors (Lipinski definition) is 0. The molecule has 2 nitrogen and oxygen atoms in total. The quantitative estimate of drug-likeness (QED) is 0.176. The third-order valence-corrected chi connectivity index (χ3v) is 11.3. The first-order valence-electron chi connectivity index (χ1n) is 15.4. The minimum Gasteiger partial charge on any atom is -0.317 e. The van der Waals surface area contributed by atoms with Crippen molar-refractivity contribution in [3.05, 3.63) is 176 Å². The van der Waals surface area contributed by atoms with Crippen LogP contribution in [-0.4, -0.2) is 9.13 Å². The molecule has 0 aliphatic rings. The molecule has 0 radical (unpaired) electrons. The molecule has 0 aliphatic carbocycles. The minimum absolute atomic E-state index is 0.666. The van der Waals surface area contributed by atoms with Crippen LogP contribution in [0.2, 0.25) is 0 Å². The highest BCUT2D eigenvalue weighted by Crippen LogP contribution is 2.39. The lowest BCUT2D eigenvalue weighted by Gasteiger charge is -2.20. The first kappa shape index (κ1) is 26.0. The molecule has 45 heavy (non-hydrogen) atoms. The summed E-state index contributed by atoms with van der Waals surface area (Å²) in [4.78, 5) is 0. The summed E-state index contributed by atoms with van der Waals surface area (Å²) >= 11 is 0. The van der Waals surface area contributed by atoms with Gasteiger partial charge in [-0.25, -0.2) is 0 Å². The highest BCUT2D eigenvalue weighted by molar-refractivity contribution is 7.79. The molecule has 0 N–H and O–H groups in total. The molecule has 0 fully saturated rings. The molecule has 2 heterocycles. The van der Waals surface area contributed by atoms with E-state index in [1.165, 1.54) is 70.8 Å². The minimum atomic E-state index is -0.666. The van der Waals surface area contributed by atoms with Crippen molar-refractivity contribution in [1.29, 1.82) is 0 Å². The Kier molecular flexibility index (Phi) is 6.14. The van der Waals surface area contributed by atoms with E-state index in [0.717, 1.165) is 0 Å². The molecule has 9 aromatic rings. The molecule has 0 amide bonds. The van der Waals surface area contributed by atoms with Crippen LogP contribution in [0.15, 0.2) is 176 Å². The van der Waals surface area contributed by atoms with Crippen molar-refractivity contribution in [2.75, 3.05) is 0 Å². The Hall–Kier alpha value is -5.43. The molecule has 212 valence electrons. The van der Waals surface area contributed by atoms with Crippen LogP contribution in [0.4, 0.5) is 0 Å². The topological polar surface area (TPSA) is 9.86 Å². The van der Waals surface area contributed by atoms with Gasteiger partial charge in [0.1, 0.15) is 0 Å². The molecule has 3 heteroatoms. The van der Waals surface area contributed by atoms with E-state index < -0.39 is 7.92 Å². The first-order chi connectivity index (χ1) is 22.3. The lowest BCUT2D eigenvalue weighted by Crippen LogP contribution is -2.20. The molecular formula is C42H29N2P. The van der Waals surface area contributed by atoms with Crippen LogP contribution < -0.4 is 15.9 Å². The summed E-state index contributed by atoms with van der Waals surface area (Å²) in [5.41, 5.74) is 6.03. The van der Waals surface area contributed by atoms with Crippen LogP contribution in [0, 0.1) is 0 Å². The molecule has 0 atom stereocenters. The standard InChI is InChI=1S/C42H29N2P/c1-4-12-32(13-5-1)43-27-26-31-28-30-20-25-38-37-18-10-11-19-40(37)44(42(38)39(30)29-41(31)43)33-21-23-36(24-22-33)45(34-14-6-2-7-15-34)35-16-8-3-9-17-35/h1-29H. The molecule has 9 rings (SSSR count). The molecule has 0 saturated carbocycles. The normalized spacial score (nSPS) is 11.8. The maximum atomic E-state index is 2.46. The largest absolute Gasteiger partial charge is 0.317 e. The number of rotatable bonds is 5. The number of nitrogens with zero attached hydrogens (tertiary/aromatic N) is 2. The Labute approximate surface area is 263 Å². The second-order valence-corrected chi connectivity index (χ2v) is 13.7. The third kappa shape index (κ3) is 4.30. The van der Waals surface area contributed by atoms with E-state index in [1.807, 2.05) is 0 Å². The van der Waals surface area contributed by atoms with E-state index in [4.69, 9.17) is 0 Å². The zero-order valence-electron chi connectivity index (χ0n) is 24.6. The van der Waals surface area contributed by atoms with Gasteiger partial charge in [-0.2, -0.15) is 0 Å². The van der Waals surface area contributed by atoms with Gasteiger partial charge in [0.15, 0.2) is 0 Å². The Bertz CT molecular complexity index is 2420. The summed E-state index contributed by atoms with van der Waals surface area (Å²) in [6, 6.07) is 62.1. The van der Waals surface area contributed by atoms with E-state index >= 15 is 0 Å². The van der Waals surface area contributed by atoms with Gasteiger partial charge in [-0.15, -0.1) is 0 Å². The molecular weight excluding hydrogens is 563 g/mol. The van der Waals surface area contributed by atoms with Gasteiger partial charge in [0.05, 0.1) is 16.6 Å². The highest BCUT2D eigenvalue weighted by Gasteiger charge is 2.19. The summed E-state index contributed by atoms with van der Waals surface area (Å²) in [7, 11) is -0.666. The molecule has 0 unspecified atom stereocenters. The second kappa shape index (κ2) is 10.6. The predicted molar refractivity (Wildman–Crippen MR) is 194 cm³/mol. The van der Waals surface area contributed by atoms with Gasteiger partial charge in [0.25, 0.3) is 0 Å². The first-order valence-corrected chi connectivity index (χ1v) is 16.7. The number of hydrogen-bond acceptors (Lipinski definition) is 0. The monoisotopic (exact) mass is 592 g/mol. The molecule has 7 aromatic carbocycles. The Morgan fingerprint density at radius 3 is 1.71 bits per heavy atom. The Balaban J connectivity index is 1.27. The fourth-order valence-electron chi connectivity index (χ4n) is 6.85. The van der Waals surface area contributed by atoms with Crippen molar-refractivity contribution in [3.8, 4) is 11.4 Å². The van der Waals surface area contributed by atoms with Gasteiger partial charge in [-0.3, -0.25) is 0 Å². The molecule has 0 saturated heterocycles. The third-order valence-electron chi connectivity index (χ3n) is 8.89. The zero-order chi connectivity index (χ0) is 29.7. The SMILES string of the molecule is c1ccc(-n2ccc3cc4ccc5c6ccccc6n(-c6ccc(P(c7ccccc7)c7ccccc7)cc6)c5c4cc32)cc1. The second-order valence-electron chi connectivity index (χ2n) is 11.5. The number of aromatic nitrogens is 2. The van der Waals surface area contributed by atoms with Crippen LogP contribution >= 0.6 is 7.92 Å². The summed E-state index contributed by atoms with van der Waals surface area (Å²) in [5.74, 6) is 0. The van der Waals surface area contributed by atoms with Gasteiger partial charge >= 0.3 is 0 Å². The van der Waals surface area contributed by atoms with Crippen molar-refractivity contribution in [1.82, 2.24) is 9.13 Å². The fraction of sp³-hybridized carbons (Fsp3) is 0. The lowest BCUT2D eigenvalue weighted by molar-refractivity contribution is 1.13. The predicted octanol–water partition coefficient (Wildman–Crippen LogP) is 9.64. The summed E-state index contributed by atoms with van der Waals surface area (Å²) in [6.07, 6.45) is 2.18. The average molecular weight is 593 g/mol. The number of benzene rings is 7. The van der Waals surface area contributed by atoms with E-state index in [-0.39, 0.29) is 0 Å². The Morgan fingerprint density at radius 2 is 1.00 bits per heavy atom. The van der Waals surface area contributed by atoms with Gasteiger partial charge in [0.2, 0.25) is 0 Å². The van der Waals surface area contributed by atoms with Gasteiger partial charge in [0, 0.05) is 39.1 Å². The van der Waals surface area contributed by atoms with Gasteiger partial charge in [-0.05, 0) is 77.8 Å². The fourth-order valence-corrected chi connectivity index (χ4v) is 9.13. The lowest BCUT2D eigenvalue weighted by atomic mass is 10.0. The summed E-state index contributed by atoms with van der Waals surface area (Å²) < 4.78 is 4.76. The van der Waals surface area contributed by atoms with Crippen molar-refractivity contribution in [2.45, 2.75) is 0 Å². The molecule has 0 bridgehead atoms. The van der Waals surface area contributed by atoms with Crippen molar-refractivity contribution in [3.63, 3.8) is 0 Å².